The summed E-state index contributed by atoms with van der Waals surface area (Å²) in [5.74, 6) is 0. The first-order chi connectivity index (χ1) is 16.7. The van der Waals surface area contributed by atoms with Gasteiger partial charge in [-0.2, -0.15) is 26.3 Å². The van der Waals surface area contributed by atoms with Crippen LogP contribution in [0, 0.1) is 0 Å². The van der Waals surface area contributed by atoms with Gasteiger partial charge in [0, 0.05) is 0 Å². The predicted molar refractivity (Wildman–Crippen MR) is 121 cm³/mol. The van der Waals surface area contributed by atoms with Gasteiger partial charge in [-0.25, -0.2) is 0 Å². The SMILES string of the molecule is FC(F)(F)c1ccccc1C(OC(c1ccccc1)c1ccccc1C(F)(F)F)c1ccccc1. The van der Waals surface area contributed by atoms with Crippen molar-refractivity contribution in [2.75, 3.05) is 0 Å². The minimum atomic E-state index is -4.68. The summed E-state index contributed by atoms with van der Waals surface area (Å²) in [6.45, 7) is 0. The Hall–Kier alpha value is -3.58. The highest BCUT2D eigenvalue weighted by molar-refractivity contribution is 5.41. The van der Waals surface area contributed by atoms with Crippen LogP contribution in [0.1, 0.15) is 45.6 Å². The monoisotopic (exact) mass is 486 g/mol. The van der Waals surface area contributed by atoms with Crippen molar-refractivity contribution in [2.45, 2.75) is 24.6 Å². The second-order valence-electron chi connectivity index (χ2n) is 7.89. The summed E-state index contributed by atoms with van der Waals surface area (Å²) < 4.78 is 89.8. The number of hydrogen-bond acceptors (Lipinski definition) is 1. The number of halogens is 6. The van der Waals surface area contributed by atoms with Crippen molar-refractivity contribution >= 4 is 0 Å². The molecule has 0 saturated heterocycles. The van der Waals surface area contributed by atoms with E-state index in [0.29, 0.717) is 11.1 Å². The normalized spacial score (nSPS) is 13.9. The van der Waals surface area contributed by atoms with Crippen molar-refractivity contribution in [1.82, 2.24) is 0 Å². The van der Waals surface area contributed by atoms with Crippen LogP contribution in [0.3, 0.4) is 0 Å². The van der Waals surface area contributed by atoms with E-state index >= 15 is 0 Å². The van der Waals surface area contributed by atoms with Gasteiger partial charge >= 0.3 is 12.4 Å². The van der Waals surface area contributed by atoms with Crippen molar-refractivity contribution in [3.05, 3.63) is 143 Å². The van der Waals surface area contributed by atoms with E-state index < -0.39 is 35.7 Å². The lowest BCUT2D eigenvalue weighted by molar-refractivity contribution is -0.140. The third-order valence-electron chi connectivity index (χ3n) is 5.57. The van der Waals surface area contributed by atoms with Crippen molar-refractivity contribution in [2.24, 2.45) is 0 Å². The molecule has 0 radical (unpaired) electrons. The van der Waals surface area contributed by atoms with Gasteiger partial charge in [0.1, 0.15) is 12.2 Å². The molecule has 0 aliphatic heterocycles. The number of benzene rings is 4. The van der Waals surface area contributed by atoms with Crippen LogP contribution >= 0.6 is 0 Å². The molecule has 0 amide bonds. The van der Waals surface area contributed by atoms with E-state index in [2.05, 4.69) is 0 Å². The molecule has 0 spiro atoms. The topological polar surface area (TPSA) is 9.23 Å². The third kappa shape index (κ3) is 5.57. The molecular formula is C28H20F6O. The molecule has 0 saturated carbocycles. The molecule has 2 atom stereocenters. The predicted octanol–water partition coefficient (Wildman–Crippen LogP) is 8.62. The van der Waals surface area contributed by atoms with Gasteiger partial charge in [0.2, 0.25) is 0 Å². The van der Waals surface area contributed by atoms with Crippen LogP contribution in [0.25, 0.3) is 0 Å². The van der Waals surface area contributed by atoms with E-state index in [1.54, 1.807) is 60.7 Å². The zero-order chi connectivity index (χ0) is 25.1. The van der Waals surface area contributed by atoms with E-state index in [4.69, 9.17) is 4.74 Å². The molecule has 4 aromatic rings. The summed E-state index contributed by atoms with van der Waals surface area (Å²) in [6.07, 6.45) is -11.9. The Balaban J connectivity index is 1.92. The van der Waals surface area contributed by atoms with E-state index in [-0.39, 0.29) is 11.1 Å². The minimum Gasteiger partial charge on any atom is -0.356 e. The fourth-order valence-corrected chi connectivity index (χ4v) is 4.02. The van der Waals surface area contributed by atoms with E-state index in [0.717, 1.165) is 12.1 Å². The molecular weight excluding hydrogens is 466 g/mol. The fourth-order valence-electron chi connectivity index (χ4n) is 4.02. The smallest absolute Gasteiger partial charge is 0.356 e. The van der Waals surface area contributed by atoms with Gasteiger partial charge in [0.05, 0.1) is 11.1 Å². The van der Waals surface area contributed by atoms with Crippen molar-refractivity contribution in [1.29, 1.82) is 0 Å². The minimum absolute atomic E-state index is 0.184. The first-order valence-corrected chi connectivity index (χ1v) is 10.7. The van der Waals surface area contributed by atoms with E-state index in [1.807, 2.05) is 0 Å². The van der Waals surface area contributed by atoms with Gasteiger partial charge in [-0.1, -0.05) is 97.1 Å². The first kappa shape index (κ1) is 24.5. The molecule has 0 aromatic heterocycles. The standard InChI is InChI=1S/C28H20F6O/c29-27(30,31)23-17-9-7-15-21(23)25(19-11-3-1-4-12-19)35-26(20-13-5-2-6-14-20)22-16-8-10-18-24(22)28(32,33)34/h1-18,25-26H. The molecule has 2 unspecified atom stereocenters. The van der Waals surface area contributed by atoms with E-state index in [1.165, 1.54) is 36.4 Å². The van der Waals surface area contributed by atoms with Crippen LogP contribution < -0.4 is 0 Å². The van der Waals surface area contributed by atoms with Gasteiger partial charge < -0.3 is 4.74 Å². The number of rotatable bonds is 6. The number of alkyl halides is 6. The van der Waals surface area contributed by atoms with Gasteiger partial charge in [-0.3, -0.25) is 0 Å². The second kappa shape index (κ2) is 9.96. The van der Waals surface area contributed by atoms with Crippen molar-refractivity contribution < 1.29 is 31.1 Å². The summed E-state index contributed by atoms with van der Waals surface area (Å²) in [5, 5.41) is 0. The lowest BCUT2D eigenvalue weighted by Crippen LogP contribution is -2.20. The molecule has 4 rings (SSSR count). The molecule has 0 N–H and O–H groups in total. The zero-order valence-electron chi connectivity index (χ0n) is 18.2. The molecule has 35 heavy (non-hydrogen) atoms. The van der Waals surface area contributed by atoms with Gasteiger partial charge in [-0.15, -0.1) is 0 Å². The fraction of sp³-hybridized carbons (Fsp3) is 0.143. The Kier molecular flexibility index (Phi) is 6.98. The van der Waals surface area contributed by atoms with Crippen LogP contribution in [-0.4, -0.2) is 0 Å². The average molecular weight is 486 g/mol. The van der Waals surface area contributed by atoms with Crippen LogP contribution in [-0.2, 0) is 17.1 Å². The number of ether oxygens (including phenoxy) is 1. The highest BCUT2D eigenvalue weighted by Gasteiger charge is 2.39. The van der Waals surface area contributed by atoms with Gasteiger partial charge in [-0.05, 0) is 34.4 Å². The highest BCUT2D eigenvalue weighted by Crippen LogP contribution is 2.44. The Labute approximate surface area is 198 Å². The summed E-state index contributed by atoms with van der Waals surface area (Å²) in [6, 6.07) is 26.2. The molecule has 1 nitrogen and oxygen atoms in total. The van der Waals surface area contributed by atoms with Crippen LogP contribution in [0.5, 0.6) is 0 Å². The Bertz CT molecular complexity index is 1150. The molecule has 0 fully saturated rings. The molecule has 0 bridgehead atoms. The lowest BCUT2D eigenvalue weighted by Gasteiger charge is -2.29. The molecule has 0 aliphatic rings. The third-order valence-corrected chi connectivity index (χ3v) is 5.57. The van der Waals surface area contributed by atoms with E-state index in [9.17, 15) is 26.3 Å². The quantitative estimate of drug-likeness (QED) is 0.248. The van der Waals surface area contributed by atoms with Crippen LogP contribution in [0.4, 0.5) is 26.3 Å². The summed E-state index contributed by atoms with van der Waals surface area (Å²) in [5.41, 5.74) is -1.42. The van der Waals surface area contributed by atoms with Gasteiger partial charge in [0.25, 0.3) is 0 Å². The maximum Gasteiger partial charge on any atom is 0.416 e. The zero-order valence-corrected chi connectivity index (χ0v) is 18.2. The van der Waals surface area contributed by atoms with Crippen molar-refractivity contribution in [3.8, 4) is 0 Å². The van der Waals surface area contributed by atoms with Crippen LogP contribution in [0.2, 0.25) is 0 Å². The molecule has 180 valence electrons. The Morgan fingerprint density at radius 1 is 0.429 bits per heavy atom. The molecule has 0 aliphatic carbocycles. The maximum absolute atomic E-state index is 13.9. The Morgan fingerprint density at radius 3 is 1.09 bits per heavy atom. The van der Waals surface area contributed by atoms with Crippen molar-refractivity contribution in [3.63, 3.8) is 0 Å². The molecule has 4 aromatic carbocycles. The maximum atomic E-state index is 13.9. The Morgan fingerprint density at radius 2 is 0.743 bits per heavy atom. The molecule has 7 heteroatoms. The molecule has 0 heterocycles. The van der Waals surface area contributed by atoms with Crippen LogP contribution in [0.15, 0.2) is 109 Å². The summed E-state index contributed by atoms with van der Waals surface area (Å²) >= 11 is 0. The first-order valence-electron chi connectivity index (χ1n) is 10.7. The lowest BCUT2D eigenvalue weighted by atomic mass is 9.93. The number of hydrogen-bond donors (Lipinski definition) is 0. The summed E-state index contributed by atoms with van der Waals surface area (Å²) in [4.78, 5) is 0. The van der Waals surface area contributed by atoms with Gasteiger partial charge in [0.15, 0.2) is 0 Å². The summed E-state index contributed by atoms with van der Waals surface area (Å²) in [7, 11) is 0. The highest BCUT2D eigenvalue weighted by atomic mass is 19.4. The average Bonchev–Trinajstić information content (AvgIpc) is 2.85. The largest absolute Gasteiger partial charge is 0.416 e. The second-order valence-corrected chi connectivity index (χ2v) is 7.89.